The molecule has 0 bridgehead atoms. The molecular formula is C71H90N2O14. The number of ether oxygens (including phenoxy) is 6. The number of carboxylic acids is 2. The number of hydrogen-bond acceptors (Lipinski definition) is 14. The van der Waals surface area contributed by atoms with Crippen LogP contribution in [0.4, 0.5) is 0 Å². The molecule has 0 aliphatic heterocycles. The second-order valence-electron chi connectivity index (χ2n) is 18.7. The molecule has 0 aliphatic rings. The third-order valence-electron chi connectivity index (χ3n) is 12.3. The first kappa shape index (κ1) is 77.7. The molecule has 0 spiro atoms. The summed E-state index contributed by atoms with van der Waals surface area (Å²) in [5.41, 5.74) is 15.0. The van der Waals surface area contributed by atoms with Crippen LogP contribution in [0.1, 0.15) is 175 Å². The number of aromatic carboxylic acids is 2. The van der Waals surface area contributed by atoms with Crippen molar-refractivity contribution in [2.75, 3.05) is 28.4 Å². The van der Waals surface area contributed by atoms with Crippen LogP contribution in [0, 0.1) is 0 Å². The van der Waals surface area contributed by atoms with E-state index < -0.39 is 48.3 Å². The van der Waals surface area contributed by atoms with Crippen molar-refractivity contribution in [3.63, 3.8) is 0 Å². The number of nitrogens with two attached hydrogens (primary N) is 1. The molecule has 16 heteroatoms. The molecule has 0 radical (unpaired) electrons. The largest absolute Gasteiger partial charge is 0.545 e. The highest BCUT2D eigenvalue weighted by Crippen LogP contribution is 2.26. The Kier molecular flexibility index (Phi) is 37.2. The Morgan fingerprint density at radius 2 is 0.678 bits per heavy atom. The minimum Gasteiger partial charge on any atom is -0.545 e. The van der Waals surface area contributed by atoms with Gasteiger partial charge in [-0.25, -0.2) is 14.4 Å². The lowest BCUT2D eigenvalue weighted by Gasteiger charge is -2.16. The van der Waals surface area contributed by atoms with Crippen LogP contribution in [0.3, 0.4) is 0 Å². The summed E-state index contributed by atoms with van der Waals surface area (Å²) in [4.78, 5) is 46.5. The van der Waals surface area contributed by atoms with E-state index in [0.717, 1.165) is 33.8 Å². The van der Waals surface area contributed by atoms with Crippen molar-refractivity contribution in [2.24, 2.45) is 5.73 Å². The monoisotopic (exact) mass is 1190 g/mol. The Morgan fingerprint density at radius 1 is 0.402 bits per heavy atom. The molecule has 468 valence electrons. The minimum atomic E-state index is -1.42. The molecule has 0 saturated heterocycles. The van der Waals surface area contributed by atoms with Gasteiger partial charge in [0.05, 0.1) is 63.3 Å². The highest BCUT2D eigenvalue weighted by Gasteiger charge is 2.21. The van der Waals surface area contributed by atoms with E-state index in [0.29, 0.717) is 17.5 Å². The van der Waals surface area contributed by atoms with Crippen LogP contribution in [0.25, 0.3) is 0 Å². The number of methoxy groups -OCH3 is 4. The molecule has 8 aromatic carbocycles. The van der Waals surface area contributed by atoms with Gasteiger partial charge < -0.3 is 65.1 Å². The second kappa shape index (κ2) is 41.7. The molecule has 8 aromatic rings. The van der Waals surface area contributed by atoms with Gasteiger partial charge >= 0.3 is 17.9 Å². The van der Waals surface area contributed by atoms with Gasteiger partial charge in [0.15, 0.2) is 0 Å². The lowest BCUT2D eigenvalue weighted by molar-refractivity contribution is -0.420. The molecule has 0 fully saturated rings. The van der Waals surface area contributed by atoms with Gasteiger partial charge in [0.25, 0.3) is 0 Å². The van der Waals surface area contributed by atoms with Gasteiger partial charge in [-0.05, 0) is 136 Å². The van der Waals surface area contributed by atoms with E-state index in [-0.39, 0.29) is 50.6 Å². The van der Waals surface area contributed by atoms with E-state index in [1.165, 1.54) is 41.5 Å². The van der Waals surface area contributed by atoms with Crippen molar-refractivity contribution >= 4 is 23.9 Å². The van der Waals surface area contributed by atoms with Gasteiger partial charge in [-0.2, -0.15) is 0 Å². The molecule has 8 rings (SSSR count). The standard InChI is InChI=1S/2C17H16O5.2C9H12O2.2C8H11N.3CH4/c2*1-11(12-6-5-7-13(10-12)21-2)22-17(20)15-9-4-3-8-14(15)16(18)19;2*1-7(10)8-4-3-5-9(6-8)11-2;2*1-7(9)8-5-3-2-4-6-8;;;/h2*3-11H,1-2H3,(H,18,19);2*3-7,10H,1-2H3;2*2-7H,9H2,1H3;3*1H4/t11-;;7-;;2*7-;;;/m1.1.11.../s1. The number of benzene rings is 8. The maximum atomic E-state index is 12.2. The fourth-order valence-corrected chi connectivity index (χ4v) is 7.40. The third kappa shape index (κ3) is 27.5. The number of aliphatic hydroxyl groups is 2. The van der Waals surface area contributed by atoms with Crippen LogP contribution >= 0.6 is 0 Å². The van der Waals surface area contributed by atoms with Crippen molar-refractivity contribution in [3.05, 3.63) is 262 Å². The average molecular weight is 1200 g/mol. The Bertz CT molecular complexity index is 3020. The van der Waals surface area contributed by atoms with Gasteiger partial charge in [-0.15, -0.1) is 0 Å². The van der Waals surface area contributed by atoms with E-state index in [1.807, 2.05) is 110 Å². The fraction of sp³-hybridized carbons (Fsp3) is 0.268. The summed E-state index contributed by atoms with van der Waals surface area (Å²) in [7, 11) is 6.33. The first-order valence-corrected chi connectivity index (χ1v) is 26.8. The van der Waals surface area contributed by atoms with Crippen LogP contribution in [-0.2, 0) is 9.47 Å². The van der Waals surface area contributed by atoms with E-state index in [2.05, 4.69) is 24.8 Å². The Balaban J connectivity index is 0.00000106. The molecule has 6 atom stereocenters. The quantitative estimate of drug-likeness (QED) is 0.0563. The number of hydrogen-bond donors (Lipinski definition) is 5. The lowest BCUT2D eigenvalue weighted by Crippen LogP contribution is -2.51. The summed E-state index contributed by atoms with van der Waals surface area (Å²) in [5.74, 6) is -1.10. The minimum absolute atomic E-state index is 0. The maximum Gasteiger partial charge on any atom is 0.339 e. The molecule has 0 heterocycles. The van der Waals surface area contributed by atoms with Gasteiger partial charge in [0.2, 0.25) is 0 Å². The average Bonchev–Trinajstić information content (AvgIpc) is 3.37. The maximum absolute atomic E-state index is 12.2. The summed E-state index contributed by atoms with van der Waals surface area (Å²) in [5, 5.41) is 38.5. The number of rotatable bonds is 16. The molecule has 0 aliphatic carbocycles. The second-order valence-corrected chi connectivity index (χ2v) is 18.7. The SMILES string of the molecule is C.C.C.COc1cccc(C(C)O)c1.COc1cccc(C(C)OC(=O)c2ccccc2C(=O)O)c1.COc1cccc([C@@H](C)O)c1.COc1cccc([C@@H](C)OC(=O)c2ccccc2C(=O)[O-])c1.C[C@@H](N)c1ccccc1.C[C@@H]([NH3+])c1ccccc1. The van der Waals surface area contributed by atoms with E-state index >= 15 is 0 Å². The Morgan fingerprint density at radius 3 is 0.954 bits per heavy atom. The summed E-state index contributed by atoms with van der Waals surface area (Å²) >= 11 is 0. The first-order chi connectivity index (χ1) is 40.1. The summed E-state index contributed by atoms with van der Waals surface area (Å²) < 4.78 is 30.9. The Labute approximate surface area is 514 Å². The Hall–Kier alpha value is -9.32. The highest BCUT2D eigenvalue weighted by atomic mass is 16.5. The predicted octanol–water partition coefficient (Wildman–Crippen LogP) is 13.4. The summed E-state index contributed by atoms with van der Waals surface area (Å²) in [6.45, 7) is 11.0. The van der Waals surface area contributed by atoms with E-state index in [4.69, 9.17) is 39.3 Å². The van der Waals surface area contributed by atoms with Crippen molar-refractivity contribution in [3.8, 4) is 23.0 Å². The fourth-order valence-electron chi connectivity index (χ4n) is 7.40. The molecule has 2 unspecified atom stereocenters. The smallest absolute Gasteiger partial charge is 0.339 e. The molecule has 8 N–H and O–H groups in total. The van der Waals surface area contributed by atoms with Gasteiger partial charge in [0, 0.05) is 17.2 Å². The van der Waals surface area contributed by atoms with Gasteiger partial charge in [-0.1, -0.05) is 162 Å². The number of carbonyl (C=O) groups is 4. The normalized spacial score (nSPS) is 11.7. The topological polar surface area (TPSA) is 261 Å². The van der Waals surface area contributed by atoms with Crippen molar-refractivity contribution in [1.82, 2.24) is 0 Å². The number of esters is 2. The number of carboxylic acid groups (broad SMARTS) is 2. The number of carbonyl (C=O) groups excluding carboxylic acids is 3. The number of aliphatic hydroxyl groups excluding tert-OH is 2. The van der Waals surface area contributed by atoms with Crippen LogP contribution in [0.2, 0.25) is 0 Å². The summed E-state index contributed by atoms with van der Waals surface area (Å²) in [6, 6.07) is 61.8. The summed E-state index contributed by atoms with van der Waals surface area (Å²) in [6.07, 6.45) is -1.92. The molecule has 16 nitrogen and oxygen atoms in total. The lowest BCUT2D eigenvalue weighted by atomic mass is 10.1. The molecular weight excluding hydrogens is 1100 g/mol. The predicted molar refractivity (Wildman–Crippen MR) is 342 cm³/mol. The van der Waals surface area contributed by atoms with Crippen LogP contribution in [0.5, 0.6) is 23.0 Å². The van der Waals surface area contributed by atoms with Crippen molar-refractivity contribution in [2.45, 2.75) is 100 Å². The van der Waals surface area contributed by atoms with Crippen molar-refractivity contribution in [1.29, 1.82) is 0 Å². The van der Waals surface area contributed by atoms with E-state index in [1.54, 1.807) is 117 Å². The van der Waals surface area contributed by atoms with Crippen LogP contribution in [-0.4, -0.2) is 67.6 Å². The first-order valence-electron chi connectivity index (χ1n) is 26.8. The zero-order chi connectivity index (χ0) is 62.1. The van der Waals surface area contributed by atoms with Crippen LogP contribution in [0.15, 0.2) is 206 Å². The van der Waals surface area contributed by atoms with Gasteiger partial charge in [0.1, 0.15) is 41.2 Å². The zero-order valence-corrected chi connectivity index (χ0v) is 49.2. The highest BCUT2D eigenvalue weighted by molar-refractivity contribution is 6.03. The molecule has 87 heavy (non-hydrogen) atoms. The molecule has 0 amide bonds. The van der Waals surface area contributed by atoms with Crippen LogP contribution < -0.4 is 35.5 Å². The number of quaternary nitrogens is 1. The zero-order valence-electron chi connectivity index (χ0n) is 49.2. The van der Waals surface area contributed by atoms with Crippen molar-refractivity contribution < 1.29 is 73.8 Å². The molecule has 0 aromatic heterocycles. The third-order valence-corrected chi connectivity index (χ3v) is 12.3. The molecule has 0 saturated carbocycles. The van der Waals surface area contributed by atoms with E-state index in [9.17, 15) is 34.5 Å². The van der Waals surface area contributed by atoms with Gasteiger partial charge in [-0.3, -0.25) is 0 Å².